The van der Waals surface area contributed by atoms with Crippen LogP contribution in [0.4, 0.5) is 4.79 Å². The van der Waals surface area contributed by atoms with Crippen molar-refractivity contribution in [2.45, 2.75) is 39.3 Å². The van der Waals surface area contributed by atoms with Crippen LogP contribution in [-0.4, -0.2) is 41.2 Å². The Labute approximate surface area is 146 Å². The number of amides is 1. The minimum Gasteiger partial charge on any atom is -0.444 e. The maximum atomic E-state index is 12.0. The summed E-state index contributed by atoms with van der Waals surface area (Å²) in [6, 6.07) is 5.89. The number of pyridine rings is 1. The summed E-state index contributed by atoms with van der Waals surface area (Å²) in [5.74, 6) is 0. The van der Waals surface area contributed by atoms with E-state index in [2.05, 4.69) is 32.3 Å². The second-order valence-electron chi connectivity index (χ2n) is 6.59. The highest BCUT2D eigenvalue weighted by molar-refractivity contribution is 9.10. The Bertz CT molecular complexity index is 581. The summed E-state index contributed by atoms with van der Waals surface area (Å²) in [7, 11) is 0. The Morgan fingerprint density at radius 2 is 2.17 bits per heavy atom. The maximum Gasteiger partial charge on any atom is 0.410 e. The Kier molecular flexibility index (Phi) is 6.18. The van der Waals surface area contributed by atoms with Gasteiger partial charge in [-0.05, 0) is 55.3 Å². The van der Waals surface area contributed by atoms with Gasteiger partial charge in [0.25, 0.3) is 0 Å². The van der Waals surface area contributed by atoms with Crippen molar-refractivity contribution in [3.8, 4) is 0 Å². The van der Waals surface area contributed by atoms with Crippen molar-refractivity contribution >= 4 is 22.0 Å². The molecule has 0 radical (unpaired) electrons. The number of rotatable bonds is 4. The second kappa shape index (κ2) is 7.93. The first-order valence-corrected chi connectivity index (χ1v) is 8.61. The number of nitrogens with one attached hydrogen (secondary N) is 1. The van der Waals surface area contributed by atoms with E-state index >= 15 is 0 Å². The summed E-state index contributed by atoms with van der Waals surface area (Å²) >= 11 is 3.37. The molecule has 1 aromatic heterocycles. The Hall–Kier alpha value is -1.40. The number of carbonyl (C=O) groups is 1. The van der Waals surface area contributed by atoms with Gasteiger partial charge in [-0.25, -0.2) is 9.78 Å². The zero-order chi connectivity index (χ0) is 16.9. The van der Waals surface area contributed by atoms with E-state index in [-0.39, 0.29) is 6.09 Å². The minimum atomic E-state index is -0.445. The molecule has 2 rings (SSSR count). The highest BCUT2D eigenvalue weighted by Gasteiger charge is 2.23. The summed E-state index contributed by atoms with van der Waals surface area (Å²) < 4.78 is 6.24. The molecule has 1 aliphatic heterocycles. The van der Waals surface area contributed by atoms with Crippen LogP contribution in [0, 0.1) is 0 Å². The van der Waals surface area contributed by atoms with Gasteiger partial charge in [0, 0.05) is 26.2 Å². The molecule has 2 heterocycles. The van der Waals surface area contributed by atoms with Gasteiger partial charge >= 0.3 is 6.09 Å². The number of carbonyl (C=O) groups excluding carboxylic acids is 1. The molecule has 0 aromatic carbocycles. The molecular weight excluding hydrogens is 358 g/mol. The molecule has 0 fully saturated rings. The molecule has 0 saturated carbocycles. The van der Waals surface area contributed by atoms with Gasteiger partial charge < -0.3 is 15.0 Å². The van der Waals surface area contributed by atoms with Crippen molar-refractivity contribution in [2.24, 2.45) is 0 Å². The van der Waals surface area contributed by atoms with E-state index in [1.54, 1.807) is 4.90 Å². The van der Waals surface area contributed by atoms with Crippen molar-refractivity contribution in [1.29, 1.82) is 0 Å². The molecule has 0 aliphatic carbocycles. The zero-order valence-electron chi connectivity index (χ0n) is 13.9. The summed E-state index contributed by atoms with van der Waals surface area (Å²) in [5.41, 5.74) is 1.88. The van der Waals surface area contributed by atoms with Crippen LogP contribution < -0.4 is 5.32 Å². The molecule has 1 aromatic rings. The van der Waals surface area contributed by atoms with Crippen LogP contribution in [0.1, 0.15) is 32.9 Å². The van der Waals surface area contributed by atoms with Gasteiger partial charge in [-0.1, -0.05) is 17.7 Å². The highest BCUT2D eigenvalue weighted by Crippen LogP contribution is 2.15. The minimum absolute atomic E-state index is 0.237. The van der Waals surface area contributed by atoms with Gasteiger partial charge in [0.2, 0.25) is 0 Å². The van der Waals surface area contributed by atoms with Gasteiger partial charge in [-0.2, -0.15) is 0 Å². The molecule has 1 N–H and O–H groups in total. The van der Waals surface area contributed by atoms with Crippen molar-refractivity contribution in [3.05, 3.63) is 40.1 Å². The van der Waals surface area contributed by atoms with Crippen LogP contribution >= 0.6 is 15.9 Å². The van der Waals surface area contributed by atoms with Crippen molar-refractivity contribution in [2.75, 3.05) is 19.6 Å². The summed E-state index contributed by atoms with van der Waals surface area (Å²) in [6.45, 7) is 8.52. The average Bonchev–Trinajstić information content (AvgIpc) is 2.46. The van der Waals surface area contributed by atoms with Crippen LogP contribution in [0.2, 0.25) is 0 Å². The Balaban J connectivity index is 1.75. The largest absolute Gasteiger partial charge is 0.444 e. The topological polar surface area (TPSA) is 54.5 Å². The highest BCUT2D eigenvalue weighted by atomic mass is 79.9. The molecule has 1 aliphatic rings. The summed E-state index contributed by atoms with van der Waals surface area (Å²) in [6.07, 6.45) is 2.74. The number of ether oxygens (including phenoxy) is 1. The van der Waals surface area contributed by atoms with E-state index in [1.807, 2.05) is 39.0 Å². The fourth-order valence-electron chi connectivity index (χ4n) is 2.26. The van der Waals surface area contributed by atoms with Gasteiger partial charge in [-0.15, -0.1) is 0 Å². The van der Waals surface area contributed by atoms with Gasteiger partial charge in [-0.3, -0.25) is 0 Å². The molecule has 0 saturated heterocycles. The van der Waals surface area contributed by atoms with Gasteiger partial charge in [0.1, 0.15) is 10.2 Å². The fraction of sp³-hybridized carbons (Fsp3) is 0.529. The molecule has 0 spiro atoms. The third-order valence-electron chi connectivity index (χ3n) is 3.39. The van der Waals surface area contributed by atoms with Crippen LogP contribution in [0.5, 0.6) is 0 Å². The van der Waals surface area contributed by atoms with E-state index in [1.165, 1.54) is 5.57 Å². The number of hydrogen-bond donors (Lipinski definition) is 1. The third-order valence-corrected chi connectivity index (χ3v) is 3.83. The SMILES string of the molecule is CC(C)(C)OC(=O)N1CC=C(CNCc2cccc(Br)n2)CC1. The molecule has 0 bridgehead atoms. The van der Waals surface area contributed by atoms with Gasteiger partial charge in [0.05, 0.1) is 5.69 Å². The summed E-state index contributed by atoms with van der Waals surface area (Å²) in [4.78, 5) is 18.1. The number of nitrogens with zero attached hydrogens (tertiary/aromatic N) is 2. The van der Waals surface area contributed by atoms with Crippen LogP contribution in [0.3, 0.4) is 0 Å². The lowest BCUT2D eigenvalue weighted by atomic mass is 10.1. The molecule has 23 heavy (non-hydrogen) atoms. The smallest absolute Gasteiger partial charge is 0.410 e. The number of aromatic nitrogens is 1. The normalized spacial score (nSPS) is 15.3. The first-order chi connectivity index (χ1) is 10.8. The maximum absolute atomic E-state index is 12.0. The van der Waals surface area contributed by atoms with Crippen molar-refractivity contribution in [1.82, 2.24) is 15.2 Å². The first kappa shape index (κ1) is 17.9. The lowest BCUT2D eigenvalue weighted by Gasteiger charge is -2.29. The van der Waals surface area contributed by atoms with E-state index in [4.69, 9.17) is 4.74 Å². The quantitative estimate of drug-likeness (QED) is 0.640. The van der Waals surface area contributed by atoms with E-state index in [0.717, 1.165) is 29.8 Å². The molecule has 5 nitrogen and oxygen atoms in total. The standard InChI is InChI=1S/C17H24BrN3O2/c1-17(2,3)23-16(22)21-9-7-13(8-10-21)11-19-12-14-5-4-6-15(18)20-14/h4-7,19H,8-12H2,1-3H3. The zero-order valence-corrected chi connectivity index (χ0v) is 15.5. The number of hydrogen-bond acceptors (Lipinski definition) is 4. The molecule has 0 unspecified atom stereocenters. The van der Waals surface area contributed by atoms with Crippen LogP contribution in [0.15, 0.2) is 34.5 Å². The van der Waals surface area contributed by atoms with Gasteiger partial charge in [0.15, 0.2) is 0 Å². The molecule has 126 valence electrons. The predicted octanol–water partition coefficient (Wildman–Crippen LogP) is 3.50. The average molecular weight is 382 g/mol. The van der Waals surface area contributed by atoms with Crippen LogP contribution in [-0.2, 0) is 11.3 Å². The first-order valence-electron chi connectivity index (χ1n) is 7.81. The Morgan fingerprint density at radius 1 is 1.39 bits per heavy atom. The Morgan fingerprint density at radius 3 is 2.78 bits per heavy atom. The number of halogens is 1. The predicted molar refractivity (Wildman–Crippen MR) is 94.2 cm³/mol. The molecule has 0 atom stereocenters. The fourth-order valence-corrected chi connectivity index (χ4v) is 2.64. The third kappa shape index (κ3) is 6.31. The second-order valence-corrected chi connectivity index (χ2v) is 7.41. The lowest BCUT2D eigenvalue weighted by molar-refractivity contribution is 0.0265. The lowest BCUT2D eigenvalue weighted by Crippen LogP contribution is -2.39. The van der Waals surface area contributed by atoms with E-state index in [9.17, 15) is 4.79 Å². The molecule has 1 amide bonds. The monoisotopic (exact) mass is 381 g/mol. The molecule has 6 heteroatoms. The summed E-state index contributed by atoms with van der Waals surface area (Å²) in [5, 5.41) is 3.39. The van der Waals surface area contributed by atoms with Crippen molar-refractivity contribution < 1.29 is 9.53 Å². The molecular formula is C17H24BrN3O2. The van der Waals surface area contributed by atoms with Crippen LogP contribution in [0.25, 0.3) is 0 Å². The van der Waals surface area contributed by atoms with E-state index in [0.29, 0.717) is 13.1 Å². The van der Waals surface area contributed by atoms with Crippen molar-refractivity contribution in [3.63, 3.8) is 0 Å². The van der Waals surface area contributed by atoms with E-state index < -0.39 is 5.60 Å².